The van der Waals surface area contributed by atoms with Gasteiger partial charge in [0.15, 0.2) is 11.5 Å². The van der Waals surface area contributed by atoms with Crippen LogP contribution in [0.5, 0.6) is 0 Å². The van der Waals surface area contributed by atoms with Crippen LogP contribution in [0.2, 0.25) is 0 Å². The third-order valence-electron chi connectivity index (χ3n) is 4.12. The van der Waals surface area contributed by atoms with Crippen molar-refractivity contribution in [2.75, 3.05) is 37.6 Å². The van der Waals surface area contributed by atoms with Crippen LogP contribution in [0.15, 0.2) is 12.1 Å². The second-order valence-electron chi connectivity index (χ2n) is 6.71. The molecule has 0 atom stereocenters. The van der Waals surface area contributed by atoms with Crippen LogP contribution in [0.4, 0.5) is 5.82 Å². The lowest BCUT2D eigenvalue weighted by molar-refractivity contribution is 0.0945. The SMILES string of the molecule is CC(C)CN1CCN(c2ccc(C(=O)NC3CC3)nn2)CC1. The van der Waals surface area contributed by atoms with Crippen molar-refractivity contribution >= 4 is 11.7 Å². The first-order chi connectivity index (χ1) is 10.6. The normalized spacial score (nSPS) is 19.5. The van der Waals surface area contributed by atoms with E-state index in [9.17, 15) is 4.79 Å². The molecule has 1 aromatic rings. The molecule has 22 heavy (non-hydrogen) atoms. The van der Waals surface area contributed by atoms with E-state index in [0.717, 1.165) is 51.4 Å². The van der Waals surface area contributed by atoms with Gasteiger partial charge in [-0.25, -0.2) is 0 Å². The summed E-state index contributed by atoms with van der Waals surface area (Å²) in [4.78, 5) is 16.6. The van der Waals surface area contributed by atoms with Gasteiger partial charge in [-0.15, -0.1) is 10.2 Å². The number of nitrogens with zero attached hydrogens (tertiary/aromatic N) is 4. The van der Waals surface area contributed by atoms with E-state index >= 15 is 0 Å². The highest BCUT2D eigenvalue weighted by Crippen LogP contribution is 2.19. The minimum atomic E-state index is -0.108. The Balaban J connectivity index is 1.53. The summed E-state index contributed by atoms with van der Waals surface area (Å²) in [5.74, 6) is 1.46. The number of amides is 1. The molecule has 2 fully saturated rings. The van der Waals surface area contributed by atoms with Crippen molar-refractivity contribution in [2.24, 2.45) is 5.92 Å². The van der Waals surface area contributed by atoms with Crippen LogP contribution in [-0.4, -0.2) is 59.8 Å². The molecule has 1 N–H and O–H groups in total. The summed E-state index contributed by atoms with van der Waals surface area (Å²) in [5, 5.41) is 11.2. The van der Waals surface area contributed by atoms with Crippen molar-refractivity contribution in [3.05, 3.63) is 17.8 Å². The molecule has 0 bridgehead atoms. The zero-order valence-corrected chi connectivity index (χ0v) is 13.5. The highest BCUT2D eigenvalue weighted by molar-refractivity contribution is 5.92. The number of hydrogen-bond acceptors (Lipinski definition) is 5. The predicted molar refractivity (Wildman–Crippen MR) is 86.0 cm³/mol. The maximum atomic E-state index is 11.9. The van der Waals surface area contributed by atoms with E-state index in [1.54, 1.807) is 6.07 Å². The molecule has 1 saturated carbocycles. The van der Waals surface area contributed by atoms with Gasteiger partial charge in [-0.3, -0.25) is 9.69 Å². The molecule has 1 aliphatic carbocycles. The van der Waals surface area contributed by atoms with E-state index in [1.165, 1.54) is 0 Å². The van der Waals surface area contributed by atoms with Gasteiger partial charge in [0.1, 0.15) is 0 Å². The molecule has 1 aromatic heterocycles. The van der Waals surface area contributed by atoms with E-state index < -0.39 is 0 Å². The largest absolute Gasteiger partial charge is 0.353 e. The Labute approximate surface area is 131 Å². The molecule has 0 radical (unpaired) electrons. The van der Waals surface area contributed by atoms with E-state index in [2.05, 4.69) is 39.2 Å². The van der Waals surface area contributed by atoms with Gasteiger partial charge >= 0.3 is 0 Å². The summed E-state index contributed by atoms with van der Waals surface area (Å²) >= 11 is 0. The number of aromatic nitrogens is 2. The lowest BCUT2D eigenvalue weighted by Gasteiger charge is -2.35. The average molecular weight is 303 g/mol. The molecule has 6 heteroatoms. The van der Waals surface area contributed by atoms with Crippen LogP contribution in [0.1, 0.15) is 37.2 Å². The van der Waals surface area contributed by atoms with E-state index in [1.807, 2.05) is 6.07 Å². The number of rotatable bonds is 5. The predicted octanol–water partition coefficient (Wildman–Crippen LogP) is 1.15. The smallest absolute Gasteiger partial charge is 0.272 e. The van der Waals surface area contributed by atoms with Gasteiger partial charge in [-0.1, -0.05) is 13.8 Å². The molecule has 1 aliphatic heterocycles. The molecule has 2 aliphatic rings. The average Bonchev–Trinajstić information content (AvgIpc) is 3.31. The molecule has 120 valence electrons. The van der Waals surface area contributed by atoms with Crippen LogP contribution in [0, 0.1) is 5.92 Å². The standard InChI is InChI=1S/C16H25N5O/c1-12(2)11-20-7-9-21(10-8-20)15-6-5-14(18-19-15)16(22)17-13-3-4-13/h5-6,12-13H,3-4,7-11H2,1-2H3,(H,17,22). The second-order valence-corrected chi connectivity index (χ2v) is 6.71. The van der Waals surface area contributed by atoms with Crippen LogP contribution in [0.25, 0.3) is 0 Å². The summed E-state index contributed by atoms with van der Waals surface area (Å²) in [6, 6.07) is 4.04. The molecule has 1 saturated heterocycles. The fourth-order valence-corrected chi connectivity index (χ4v) is 2.78. The quantitative estimate of drug-likeness (QED) is 0.884. The minimum absolute atomic E-state index is 0.108. The molecule has 1 amide bonds. The van der Waals surface area contributed by atoms with Gasteiger partial charge in [0, 0.05) is 38.8 Å². The molecule has 2 heterocycles. The van der Waals surface area contributed by atoms with Gasteiger partial charge < -0.3 is 10.2 Å². The Morgan fingerprint density at radius 1 is 1.23 bits per heavy atom. The minimum Gasteiger partial charge on any atom is -0.353 e. The van der Waals surface area contributed by atoms with Crippen LogP contribution >= 0.6 is 0 Å². The zero-order chi connectivity index (χ0) is 15.5. The molecule has 6 nitrogen and oxygen atoms in total. The molecule has 0 unspecified atom stereocenters. The first kappa shape index (κ1) is 15.2. The summed E-state index contributed by atoms with van der Waals surface area (Å²) in [6.45, 7) is 9.71. The van der Waals surface area contributed by atoms with Gasteiger partial charge in [-0.2, -0.15) is 0 Å². The summed E-state index contributed by atoms with van der Waals surface area (Å²) < 4.78 is 0. The van der Waals surface area contributed by atoms with Crippen molar-refractivity contribution in [3.8, 4) is 0 Å². The molecular weight excluding hydrogens is 278 g/mol. The fraction of sp³-hybridized carbons (Fsp3) is 0.688. The summed E-state index contributed by atoms with van der Waals surface area (Å²) in [7, 11) is 0. The Hall–Kier alpha value is -1.69. The van der Waals surface area contributed by atoms with E-state index in [4.69, 9.17) is 0 Å². The van der Waals surface area contributed by atoms with Crippen molar-refractivity contribution < 1.29 is 4.79 Å². The van der Waals surface area contributed by atoms with E-state index in [-0.39, 0.29) is 5.91 Å². The number of anilines is 1. The second kappa shape index (κ2) is 6.60. The monoisotopic (exact) mass is 303 g/mol. The van der Waals surface area contributed by atoms with Crippen LogP contribution < -0.4 is 10.2 Å². The van der Waals surface area contributed by atoms with E-state index in [0.29, 0.717) is 17.7 Å². The lowest BCUT2D eigenvalue weighted by Crippen LogP contribution is -2.47. The highest BCUT2D eigenvalue weighted by atomic mass is 16.2. The Bertz CT molecular complexity index is 504. The van der Waals surface area contributed by atoms with Crippen LogP contribution in [-0.2, 0) is 0 Å². The van der Waals surface area contributed by atoms with Crippen molar-refractivity contribution in [1.82, 2.24) is 20.4 Å². The number of nitrogens with one attached hydrogen (secondary N) is 1. The molecule has 0 aromatic carbocycles. The maximum Gasteiger partial charge on any atom is 0.272 e. The van der Waals surface area contributed by atoms with Crippen molar-refractivity contribution in [1.29, 1.82) is 0 Å². The number of carbonyl (C=O) groups is 1. The first-order valence-electron chi connectivity index (χ1n) is 8.23. The van der Waals surface area contributed by atoms with Crippen molar-refractivity contribution in [2.45, 2.75) is 32.7 Å². The van der Waals surface area contributed by atoms with Gasteiger partial charge in [-0.05, 0) is 30.9 Å². The maximum absolute atomic E-state index is 11.9. The Morgan fingerprint density at radius 3 is 2.50 bits per heavy atom. The fourth-order valence-electron chi connectivity index (χ4n) is 2.78. The summed E-state index contributed by atoms with van der Waals surface area (Å²) in [5.41, 5.74) is 0.411. The first-order valence-corrected chi connectivity index (χ1v) is 8.23. The zero-order valence-electron chi connectivity index (χ0n) is 13.5. The number of carbonyl (C=O) groups excluding carboxylic acids is 1. The summed E-state index contributed by atoms with van der Waals surface area (Å²) in [6.07, 6.45) is 2.16. The third-order valence-corrected chi connectivity index (χ3v) is 4.12. The van der Waals surface area contributed by atoms with Gasteiger partial charge in [0.2, 0.25) is 0 Å². The third kappa shape index (κ3) is 3.94. The topological polar surface area (TPSA) is 61.4 Å². The number of hydrogen-bond donors (Lipinski definition) is 1. The van der Waals surface area contributed by atoms with Crippen molar-refractivity contribution in [3.63, 3.8) is 0 Å². The Morgan fingerprint density at radius 2 is 1.95 bits per heavy atom. The lowest BCUT2D eigenvalue weighted by atomic mass is 10.2. The van der Waals surface area contributed by atoms with Gasteiger partial charge in [0.25, 0.3) is 5.91 Å². The molecule has 3 rings (SSSR count). The molecule has 0 spiro atoms. The molecular formula is C16H25N5O. The number of piperazine rings is 1. The van der Waals surface area contributed by atoms with Crippen LogP contribution in [0.3, 0.4) is 0 Å². The highest BCUT2D eigenvalue weighted by Gasteiger charge is 2.25. The van der Waals surface area contributed by atoms with Gasteiger partial charge in [0.05, 0.1) is 0 Å². The Kier molecular flexibility index (Phi) is 4.57.